The van der Waals surface area contributed by atoms with Gasteiger partial charge in [-0.1, -0.05) is 6.07 Å². The molecule has 3 rings (SSSR count). The number of fused-ring (bicyclic) bond motifs is 1. The fourth-order valence-electron chi connectivity index (χ4n) is 2.69. The molecule has 0 aliphatic heterocycles. The number of hydrogen-bond donors (Lipinski definition) is 0. The molecule has 0 fully saturated rings. The third-order valence-electron chi connectivity index (χ3n) is 4.35. The molecule has 0 saturated carbocycles. The van der Waals surface area contributed by atoms with Gasteiger partial charge in [0.15, 0.2) is 0 Å². The molecule has 4 nitrogen and oxygen atoms in total. The first-order valence-corrected chi connectivity index (χ1v) is 9.76. The van der Waals surface area contributed by atoms with Gasteiger partial charge in [-0.25, -0.2) is 4.98 Å². The van der Waals surface area contributed by atoms with Crippen LogP contribution in [-0.4, -0.2) is 57.3 Å². The maximum Gasteiger partial charge on any atom is 0.124 e. The lowest BCUT2D eigenvalue weighted by Gasteiger charge is -2.19. The minimum atomic E-state index is 0.739. The lowest BCUT2D eigenvalue weighted by Crippen LogP contribution is -2.24. The standard InChI is InChI=1S/C21H27N3OS/c1-16-5-10-19-20(15-16)26-21(22-19)17-6-8-18(9-7-17)24(4)12-14-25-13-11-23(2)3/h5-10,15H,11-14H2,1-4H3. The van der Waals surface area contributed by atoms with Crippen molar-refractivity contribution in [2.24, 2.45) is 0 Å². The summed E-state index contributed by atoms with van der Waals surface area (Å²) in [6.07, 6.45) is 0. The average molecular weight is 370 g/mol. The van der Waals surface area contributed by atoms with E-state index in [4.69, 9.17) is 9.72 Å². The molecular formula is C21H27N3OS. The van der Waals surface area contributed by atoms with Crippen molar-refractivity contribution in [3.8, 4) is 10.6 Å². The highest BCUT2D eigenvalue weighted by Gasteiger charge is 2.07. The van der Waals surface area contributed by atoms with Crippen LogP contribution in [0, 0.1) is 6.92 Å². The van der Waals surface area contributed by atoms with Crippen LogP contribution >= 0.6 is 11.3 Å². The van der Waals surface area contributed by atoms with E-state index in [1.54, 1.807) is 11.3 Å². The third kappa shape index (κ3) is 4.81. The number of ether oxygens (including phenoxy) is 1. The Bertz CT molecular complexity index is 842. The maximum atomic E-state index is 5.68. The lowest BCUT2D eigenvalue weighted by molar-refractivity contribution is 0.123. The van der Waals surface area contributed by atoms with Crippen LogP contribution in [0.1, 0.15) is 5.56 Å². The fraction of sp³-hybridized carbons (Fsp3) is 0.381. The van der Waals surface area contributed by atoms with Crippen molar-refractivity contribution in [3.05, 3.63) is 48.0 Å². The molecule has 26 heavy (non-hydrogen) atoms. The predicted molar refractivity (Wildman–Crippen MR) is 112 cm³/mol. The van der Waals surface area contributed by atoms with Crippen molar-refractivity contribution >= 4 is 27.2 Å². The van der Waals surface area contributed by atoms with E-state index in [-0.39, 0.29) is 0 Å². The van der Waals surface area contributed by atoms with Gasteiger partial charge in [0.25, 0.3) is 0 Å². The van der Waals surface area contributed by atoms with Crippen molar-refractivity contribution < 1.29 is 4.74 Å². The quantitative estimate of drug-likeness (QED) is 0.554. The number of anilines is 1. The third-order valence-corrected chi connectivity index (χ3v) is 5.42. The maximum absolute atomic E-state index is 5.68. The minimum Gasteiger partial charge on any atom is -0.378 e. The Morgan fingerprint density at radius 2 is 1.69 bits per heavy atom. The molecule has 138 valence electrons. The number of likely N-dealkylation sites (N-methyl/N-ethyl adjacent to an activating group) is 2. The first kappa shape index (κ1) is 18.8. The molecule has 0 bridgehead atoms. The van der Waals surface area contributed by atoms with Crippen LogP contribution in [0.3, 0.4) is 0 Å². The Morgan fingerprint density at radius 3 is 2.42 bits per heavy atom. The van der Waals surface area contributed by atoms with E-state index in [1.165, 1.54) is 21.5 Å². The van der Waals surface area contributed by atoms with Crippen LogP contribution in [0.2, 0.25) is 0 Å². The Balaban J connectivity index is 1.60. The van der Waals surface area contributed by atoms with E-state index in [0.29, 0.717) is 0 Å². The van der Waals surface area contributed by atoms with Crippen molar-refractivity contribution in [3.63, 3.8) is 0 Å². The molecule has 0 spiro atoms. The SMILES string of the molecule is Cc1ccc2nc(-c3ccc(N(C)CCOCCN(C)C)cc3)sc2c1. The molecular weight excluding hydrogens is 342 g/mol. The van der Waals surface area contributed by atoms with Gasteiger partial charge in [-0.05, 0) is 63.0 Å². The van der Waals surface area contributed by atoms with Crippen LogP contribution in [-0.2, 0) is 4.74 Å². The van der Waals surface area contributed by atoms with Crippen molar-refractivity contribution in [1.82, 2.24) is 9.88 Å². The van der Waals surface area contributed by atoms with Crippen LogP contribution in [0.4, 0.5) is 5.69 Å². The van der Waals surface area contributed by atoms with E-state index in [9.17, 15) is 0 Å². The summed E-state index contributed by atoms with van der Waals surface area (Å²) in [6.45, 7) is 5.47. The van der Waals surface area contributed by atoms with E-state index >= 15 is 0 Å². The monoisotopic (exact) mass is 369 g/mol. The first-order valence-electron chi connectivity index (χ1n) is 8.94. The van der Waals surface area contributed by atoms with E-state index in [2.05, 4.69) is 80.3 Å². The second-order valence-corrected chi connectivity index (χ2v) is 7.90. The van der Waals surface area contributed by atoms with Gasteiger partial charge in [0.05, 0.1) is 23.4 Å². The second-order valence-electron chi connectivity index (χ2n) is 6.87. The molecule has 0 radical (unpaired) electrons. The fourth-order valence-corrected chi connectivity index (χ4v) is 3.76. The molecule has 0 saturated heterocycles. The Hall–Kier alpha value is -1.95. The predicted octanol–water partition coefficient (Wildman–Crippen LogP) is 4.29. The molecule has 3 aromatic rings. The van der Waals surface area contributed by atoms with Gasteiger partial charge >= 0.3 is 0 Å². The first-order chi connectivity index (χ1) is 12.5. The summed E-state index contributed by atoms with van der Waals surface area (Å²) in [4.78, 5) is 9.12. The van der Waals surface area contributed by atoms with Gasteiger partial charge in [0, 0.05) is 31.4 Å². The zero-order valence-electron chi connectivity index (χ0n) is 16.0. The van der Waals surface area contributed by atoms with Crippen LogP contribution < -0.4 is 4.90 Å². The van der Waals surface area contributed by atoms with Gasteiger partial charge in [-0.15, -0.1) is 11.3 Å². The summed E-state index contributed by atoms with van der Waals surface area (Å²) in [6, 6.07) is 15.0. The van der Waals surface area contributed by atoms with Gasteiger partial charge in [0.2, 0.25) is 0 Å². The summed E-state index contributed by atoms with van der Waals surface area (Å²) in [5.41, 5.74) is 4.72. The number of rotatable bonds is 8. The van der Waals surface area contributed by atoms with Crippen molar-refractivity contribution in [2.75, 3.05) is 52.3 Å². The molecule has 1 aromatic heterocycles. The van der Waals surface area contributed by atoms with Gasteiger partial charge in [-0.3, -0.25) is 0 Å². The normalized spacial score (nSPS) is 11.4. The largest absolute Gasteiger partial charge is 0.378 e. The zero-order valence-corrected chi connectivity index (χ0v) is 16.8. The van der Waals surface area contributed by atoms with Crippen molar-refractivity contribution in [1.29, 1.82) is 0 Å². The van der Waals surface area contributed by atoms with E-state index < -0.39 is 0 Å². The number of hydrogen-bond acceptors (Lipinski definition) is 5. The number of aryl methyl sites for hydroxylation is 1. The van der Waals surface area contributed by atoms with Gasteiger partial charge in [0.1, 0.15) is 5.01 Å². The molecule has 0 aliphatic rings. The van der Waals surface area contributed by atoms with E-state index in [1.807, 2.05) is 0 Å². The average Bonchev–Trinajstić information content (AvgIpc) is 3.04. The van der Waals surface area contributed by atoms with Crippen LogP contribution in [0.25, 0.3) is 20.8 Å². The Labute approximate surface area is 160 Å². The lowest BCUT2D eigenvalue weighted by atomic mass is 10.2. The molecule has 2 aromatic carbocycles. The number of benzene rings is 2. The Morgan fingerprint density at radius 1 is 0.962 bits per heavy atom. The molecule has 0 unspecified atom stereocenters. The van der Waals surface area contributed by atoms with Gasteiger partial charge < -0.3 is 14.5 Å². The minimum absolute atomic E-state index is 0.739. The smallest absolute Gasteiger partial charge is 0.124 e. The summed E-state index contributed by atoms with van der Waals surface area (Å²) in [7, 11) is 6.22. The van der Waals surface area contributed by atoms with Crippen LogP contribution in [0.15, 0.2) is 42.5 Å². The second kappa shape index (κ2) is 8.62. The molecule has 0 amide bonds. The summed E-state index contributed by atoms with van der Waals surface area (Å²) in [5, 5.41) is 1.08. The van der Waals surface area contributed by atoms with E-state index in [0.717, 1.165) is 36.8 Å². The molecule has 0 N–H and O–H groups in total. The molecule has 5 heteroatoms. The number of aromatic nitrogens is 1. The number of thiazole rings is 1. The summed E-state index contributed by atoms with van der Waals surface area (Å²) < 4.78 is 6.93. The summed E-state index contributed by atoms with van der Waals surface area (Å²) >= 11 is 1.75. The highest BCUT2D eigenvalue weighted by Crippen LogP contribution is 2.31. The summed E-state index contributed by atoms with van der Waals surface area (Å²) in [5.74, 6) is 0. The molecule has 1 heterocycles. The number of nitrogens with zero attached hydrogens (tertiary/aromatic N) is 3. The molecule has 0 aliphatic carbocycles. The highest BCUT2D eigenvalue weighted by molar-refractivity contribution is 7.21. The molecule has 0 atom stereocenters. The zero-order chi connectivity index (χ0) is 18.5. The topological polar surface area (TPSA) is 28.6 Å². The highest BCUT2D eigenvalue weighted by atomic mass is 32.1. The Kier molecular flexibility index (Phi) is 6.25. The van der Waals surface area contributed by atoms with Crippen LogP contribution in [0.5, 0.6) is 0 Å². The van der Waals surface area contributed by atoms with Gasteiger partial charge in [-0.2, -0.15) is 0 Å². The van der Waals surface area contributed by atoms with Crippen molar-refractivity contribution in [2.45, 2.75) is 6.92 Å².